The number of amidine groups is 1. The van der Waals surface area contributed by atoms with Gasteiger partial charge in [0.2, 0.25) is 0 Å². The van der Waals surface area contributed by atoms with Crippen LogP contribution in [0.5, 0.6) is 0 Å². The Morgan fingerprint density at radius 2 is 1.81 bits per heavy atom. The number of carbonyl (C=O) groups is 1. The minimum atomic E-state index is -0.0567. The van der Waals surface area contributed by atoms with Crippen molar-refractivity contribution in [3.8, 4) is 6.07 Å². The topological polar surface area (TPSA) is 75.0 Å². The summed E-state index contributed by atoms with van der Waals surface area (Å²) < 4.78 is 0. The van der Waals surface area contributed by atoms with E-state index in [1.54, 1.807) is 28.8 Å². The van der Waals surface area contributed by atoms with Gasteiger partial charge in [-0.15, -0.1) is 0 Å². The summed E-state index contributed by atoms with van der Waals surface area (Å²) in [5.41, 5.74) is 5.42. The number of carbonyl (C=O) groups excluding carboxylic acids is 1. The number of nitriles is 1. The van der Waals surface area contributed by atoms with E-state index in [0.717, 1.165) is 45.5 Å². The van der Waals surface area contributed by atoms with Gasteiger partial charge in [0, 0.05) is 30.7 Å². The molecule has 7 nitrogen and oxygen atoms in total. The number of thioether (sulfide) groups is 2. The summed E-state index contributed by atoms with van der Waals surface area (Å²) in [5, 5.41) is 14.6. The van der Waals surface area contributed by atoms with Gasteiger partial charge in [0.05, 0.1) is 34.6 Å². The van der Waals surface area contributed by atoms with E-state index in [-0.39, 0.29) is 5.91 Å². The van der Waals surface area contributed by atoms with E-state index >= 15 is 0 Å². The average Bonchev–Trinajstić information content (AvgIpc) is 3.50. The number of amides is 1. The molecule has 1 amide bonds. The number of hydrogen-bond acceptors (Lipinski definition) is 8. The summed E-state index contributed by atoms with van der Waals surface area (Å²) in [6.07, 6.45) is 3.96. The summed E-state index contributed by atoms with van der Waals surface area (Å²) in [7, 11) is 2.02. The van der Waals surface area contributed by atoms with Gasteiger partial charge in [-0.25, -0.2) is 4.99 Å². The van der Waals surface area contributed by atoms with Crippen LogP contribution in [0, 0.1) is 18.3 Å². The Kier molecular flexibility index (Phi) is 8.56. The van der Waals surface area contributed by atoms with Crippen molar-refractivity contribution in [2.75, 3.05) is 43.4 Å². The molecule has 2 saturated heterocycles. The van der Waals surface area contributed by atoms with Crippen LogP contribution >= 0.6 is 23.5 Å². The van der Waals surface area contributed by atoms with Crippen molar-refractivity contribution < 1.29 is 4.79 Å². The number of fused-ring (bicyclic) bond motifs is 1. The number of aryl methyl sites for hydroxylation is 1. The first-order valence-electron chi connectivity index (χ1n) is 14.4. The van der Waals surface area contributed by atoms with Gasteiger partial charge in [-0.2, -0.15) is 5.26 Å². The van der Waals surface area contributed by atoms with Gasteiger partial charge < -0.3 is 15.1 Å². The smallest absolute Gasteiger partial charge is 0.269 e. The predicted octanol–water partition coefficient (Wildman–Crippen LogP) is 6.94. The molecule has 0 unspecified atom stereocenters. The Morgan fingerprint density at radius 3 is 2.60 bits per heavy atom. The zero-order chi connectivity index (χ0) is 29.1. The quantitative estimate of drug-likeness (QED) is 0.297. The number of rotatable bonds is 7. The van der Waals surface area contributed by atoms with Crippen LogP contribution in [0.1, 0.15) is 36.0 Å². The largest absolute Gasteiger partial charge is 0.384 e. The van der Waals surface area contributed by atoms with Crippen LogP contribution in [0.25, 0.3) is 0 Å². The van der Waals surface area contributed by atoms with E-state index < -0.39 is 0 Å². The fourth-order valence-electron chi connectivity index (χ4n) is 5.43. The highest BCUT2D eigenvalue weighted by molar-refractivity contribution is 8.19. The molecule has 0 aromatic heterocycles. The summed E-state index contributed by atoms with van der Waals surface area (Å²) in [6, 6.07) is 24.1. The van der Waals surface area contributed by atoms with Crippen LogP contribution in [0.4, 0.5) is 17.1 Å². The van der Waals surface area contributed by atoms with E-state index in [2.05, 4.69) is 39.4 Å². The van der Waals surface area contributed by atoms with Crippen molar-refractivity contribution in [3.63, 3.8) is 0 Å². The molecule has 0 saturated carbocycles. The first kappa shape index (κ1) is 28.4. The third-order valence-electron chi connectivity index (χ3n) is 7.83. The van der Waals surface area contributed by atoms with Crippen LogP contribution in [-0.2, 0) is 11.3 Å². The van der Waals surface area contributed by atoms with Crippen molar-refractivity contribution in [1.29, 1.82) is 5.26 Å². The van der Waals surface area contributed by atoms with Crippen molar-refractivity contribution in [3.05, 3.63) is 93.4 Å². The standard InChI is InChI=1S/C33H34N6OS2/c1-23-11-12-25(21-34)19-27(23)36-33-39(22-24-9-5-3-6-10-24)31(40)30(42-33)32-37(2)28-14-13-26(20-29(28)41-32)35-15-18-38-16-7-4-8-17-38/h3,5-6,9-14,19-20,35H,4,7-8,15-18,22H2,1-2H3/b32-30-,36-33?. The van der Waals surface area contributed by atoms with Crippen LogP contribution in [0.3, 0.4) is 0 Å². The van der Waals surface area contributed by atoms with Gasteiger partial charge in [-0.1, -0.05) is 54.6 Å². The monoisotopic (exact) mass is 594 g/mol. The molecule has 3 aliphatic heterocycles. The maximum absolute atomic E-state index is 14.0. The van der Waals surface area contributed by atoms with Gasteiger partial charge in [-0.05, 0) is 86.1 Å². The van der Waals surface area contributed by atoms with E-state index in [0.29, 0.717) is 27.9 Å². The third-order valence-corrected chi connectivity index (χ3v) is 10.2. The Hall–Kier alpha value is -3.71. The lowest BCUT2D eigenvalue weighted by atomic mass is 10.1. The number of hydrogen-bond donors (Lipinski definition) is 1. The van der Waals surface area contributed by atoms with Gasteiger partial charge >= 0.3 is 0 Å². The molecule has 1 N–H and O–H groups in total. The Morgan fingerprint density at radius 1 is 1.00 bits per heavy atom. The Bertz CT molecular complexity index is 1590. The Balaban J connectivity index is 1.27. The molecule has 0 aliphatic carbocycles. The molecular weight excluding hydrogens is 561 g/mol. The lowest BCUT2D eigenvalue weighted by molar-refractivity contribution is -0.122. The number of nitrogens with zero attached hydrogens (tertiary/aromatic N) is 5. The average molecular weight is 595 g/mol. The van der Waals surface area contributed by atoms with Crippen molar-refractivity contribution in [2.45, 2.75) is 37.6 Å². The molecule has 3 aromatic rings. The molecule has 214 valence electrons. The molecule has 42 heavy (non-hydrogen) atoms. The van der Waals surface area contributed by atoms with Crippen LogP contribution in [-0.4, -0.2) is 54.1 Å². The third kappa shape index (κ3) is 6.07. The number of likely N-dealkylation sites (tertiary alicyclic amines) is 1. The van der Waals surface area contributed by atoms with Crippen LogP contribution in [0.2, 0.25) is 0 Å². The normalized spacial score (nSPS) is 19.8. The van der Waals surface area contributed by atoms with Gasteiger partial charge in [-0.3, -0.25) is 9.69 Å². The number of nitrogens with one attached hydrogen (secondary N) is 1. The predicted molar refractivity (Wildman–Crippen MR) is 174 cm³/mol. The molecule has 3 heterocycles. The van der Waals surface area contributed by atoms with Gasteiger partial charge in [0.25, 0.3) is 5.91 Å². The number of anilines is 2. The molecular formula is C33H34N6OS2. The number of aliphatic imine (C=N–C) groups is 1. The summed E-state index contributed by atoms with van der Waals surface area (Å²) >= 11 is 3.04. The summed E-state index contributed by atoms with van der Waals surface area (Å²) in [6.45, 7) is 6.77. The van der Waals surface area contributed by atoms with E-state index in [9.17, 15) is 10.1 Å². The summed E-state index contributed by atoms with van der Waals surface area (Å²) in [5.74, 6) is -0.0567. The highest BCUT2D eigenvalue weighted by Gasteiger charge is 2.39. The molecule has 9 heteroatoms. The minimum Gasteiger partial charge on any atom is -0.384 e. The molecule has 0 spiro atoms. The lowest BCUT2D eigenvalue weighted by Gasteiger charge is -2.26. The molecule has 2 fully saturated rings. The maximum Gasteiger partial charge on any atom is 0.269 e. The maximum atomic E-state index is 14.0. The van der Waals surface area contributed by atoms with E-state index in [1.807, 2.05) is 50.4 Å². The highest BCUT2D eigenvalue weighted by atomic mass is 32.2. The number of piperidine rings is 1. The molecule has 0 bridgehead atoms. The number of benzene rings is 3. The summed E-state index contributed by atoms with van der Waals surface area (Å²) in [4.78, 5) is 27.2. The SMILES string of the molecule is Cc1ccc(C#N)cc1N=C1S/C(=C2\Sc3cc(NCCN4CCCCC4)ccc3N2C)C(=O)N1Cc1ccccc1. The molecule has 0 atom stereocenters. The first-order valence-corrected chi connectivity index (χ1v) is 16.0. The second-order valence-electron chi connectivity index (χ2n) is 10.8. The minimum absolute atomic E-state index is 0.0567. The van der Waals surface area contributed by atoms with Gasteiger partial charge in [0.1, 0.15) is 4.91 Å². The molecule has 3 aromatic carbocycles. The fraction of sp³-hybridized carbons (Fsp3) is 0.303. The lowest BCUT2D eigenvalue weighted by Crippen LogP contribution is -2.33. The zero-order valence-corrected chi connectivity index (χ0v) is 25.6. The van der Waals surface area contributed by atoms with Crippen molar-refractivity contribution >= 4 is 51.7 Å². The van der Waals surface area contributed by atoms with Crippen molar-refractivity contribution in [1.82, 2.24) is 9.80 Å². The second-order valence-corrected chi connectivity index (χ2v) is 12.8. The molecule has 6 rings (SSSR count). The van der Waals surface area contributed by atoms with Crippen LogP contribution in [0.15, 0.2) is 86.6 Å². The Labute approximate surface area is 256 Å². The second kappa shape index (κ2) is 12.7. The van der Waals surface area contributed by atoms with E-state index in [4.69, 9.17) is 4.99 Å². The molecule has 0 radical (unpaired) electrons. The highest BCUT2D eigenvalue weighted by Crippen LogP contribution is 2.51. The first-order chi connectivity index (χ1) is 20.5. The van der Waals surface area contributed by atoms with E-state index in [1.165, 1.54) is 44.1 Å². The molecule has 3 aliphatic rings. The van der Waals surface area contributed by atoms with Crippen molar-refractivity contribution in [2.24, 2.45) is 4.99 Å². The van der Waals surface area contributed by atoms with Crippen LogP contribution < -0.4 is 10.2 Å². The zero-order valence-electron chi connectivity index (χ0n) is 24.0. The van der Waals surface area contributed by atoms with Gasteiger partial charge in [0.15, 0.2) is 5.17 Å². The fourth-order valence-corrected chi connectivity index (χ4v) is 7.81.